The highest BCUT2D eigenvalue weighted by Crippen LogP contribution is 2.34. The lowest BCUT2D eigenvalue weighted by Gasteiger charge is -2.31. The Morgan fingerprint density at radius 3 is 1.95 bits per heavy atom. The van der Waals surface area contributed by atoms with E-state index in [2.05, 4.69) is 4.72 Å². The standard InChI is InChI=1S/C14H24N2O4S/c1-5-14(6-2,10-15)16-21(17,18)13-11(19-3)8-7-9-12(13)20-4/h7-9,16H,5-6,10,15H2,1-4H3. The number of benzene rings is 1. The van der Waals surface area contributed by atoms with E-state index < -0.39 is 15.6 Å². The lowest BCUT2D eigenvalue weighted by atomic mass is 9.95. The SMILES string of the molecule is CCC(CC)(CN)NS(=O)(=O)c1c(OC)cccc1OC. The first-order valence-corrected chi connectivity index (χ1v) is 8.33. The molecule has 0 aromatic heterocycles. The Morgan fingerprint density at radius 2 is 1.62 bits per heavy atom. The summed E-state index contributed by atoms with van der Waals surface area (Å²) in [6.45, 7) is 4.02. The van der Waals surface area contributed by atoms with Crippen LogP contribution in [0.5, 0.6) is 11.5 Å². The van der Waals surface area contributed by atoms with E-state index in [1.54, 1.807) is 18.2 Å². The van der Waals surface area contributed by atoms with Crippen molar-refractivity contribution in [2.45, 2.75) is 37.1 Å². The minimum absolute atomic E-state index is 0.00488. The van der Waals surface area contributed by atoms with Crippen LogP contribution in [0.4, 0.5) is 0 Å². The summed E-state index contributed by atoms with van der Waals surface area (Å²) in [5.41, 5.74) is 5.09. The van der Waals surface area contributed by atoms with Crippen molar-refractivity contribution in [2.75, 3.05) is 20.8 Å². The van der Waals surface area contributed by atoms with Gasteiger partial charge in [-0.25, -0.2) is 13.1 Å². The molecule has 0 heterocycles. The van der Waals surface area contributed by atoms with Crippen molar-refractivity contribution in [3.63, 3.8) is 0 Å². The normalized spacial score (nSPS) is 12.2. The Hall–Kier alpha value is -1.31. The Kier molecular flexibility index (Phi) is 6.00. The summed E-state index contributed by atoms with van der Waals surface area (Å²) < 4.78 is 38.5. The van der Waals surface area contributed by atoms with Crippen molar-refractivity contribution in [3.05, 3.63) is 18.2 Å². The molecule has 0 amide bonds. The predicted octanol–water partition coefficient (Wildman–Crippen LogP) is 1.50. The molecule has 0 radical (unpaired) electrons. The Balaban J connectivity index is 3.37. The highest BCUT2D eigenvalue weighted by molar-refractivity contribution is 7.89. The van der Waals surface area contributed by atoms with E-state index in [0.717, 1.165) is 0 Å². The number of nitrogens with two attached hydrogens (primary N) is 1. The van der Waals surface area contributed by atoms with Gasteiger partial charge < -0.3 is 15.2 Å². The van der Waals surface area contributed by atoms with Crippen LogP contribution in [0.25, 0.3) is 0 Å². The molecule has 21 heavy (non-hydrogen) atoms. The maximum Gasteiger partial charge on any atom is 0.248 e. The highest BCUT2D eigenvalue weighted by Gasteiger charge is 2.34. The third kappa shape index (κ3) is 3.66. The van der Waals surface area contributed by atoms with Gasteiger partial charge in [0.2, 0.25) is 10.0 Å². The molecule has 1 rings (SSSR count). The molecule has 120 valence electrons. The van der Waals surface area contributed by atoms with Gasteiger partial charge in [0.15, 0.2) is 4.90 Å². The van der Waals surface area contributed by atoms with Gasteiger partial charge in [0.1, 0.15) is 11.5 Å². The molecule has 1 aromatic carbocycles. The first kappa shape index (κ1) is 17.7. The lowest BCUT2D eigenvalue weighted by molar-refractivity contribution is 0.353. The van der Waals surface area contributed by atoms with Crippen molar-refractivity contribution in [1.82, 2.24) is 4.72 Å². The molecule has 7 heteroatoms. The van der Waals surface area contributed by atoms with Crippen molar-refractivity contribution in [3.8, 4) is 11.5 Å². The number of sulfonamides is 1. The second-order valence-corrected chi connectivity index (χ2v) is 6.41. The van der Waals surface area contributed by atoms with E-state index in [9.17, 15) is 8.42 Å². The van der Waals surface area contributed by atoms with Gasteiger partial charge in [-0.3, -0.25) is 0 Å². The van der Waals surface area contributed by atoms with E-state index >= 15 is 0 Å². The molecule has 0 aliphatic rings. The third-order valence-corrected chi connectivity index (χ3v) is 5.39. The van der Waals surface area contributed by atoms with Gasteiger partial charge in [0.05, 0.1) is 14.2 Å². The molecule has 0 bridgehead atoms. The molecule has 0 saturated carbocycles. The lowest BCUT2D eigenvalue weighted by Crippen LogP contribution is -2.52. The van der Waals surface area contributed by atoms with Crippen LogP contribution in [-0.4, -0.2) is 34.7 Å². The average Bonchev–Trinajstić information content (AvgIpc) is 2.51. The third-order valence-electron chi connectivity index (χ3n) is 3.75. The molecule has 0 atom stereocenters. The summed E-state index contributed by atoms with van der Waals surface area (Å²) in [4.78, 5) is -0.00488. The fraction of sp³-hybridized carbons (Fsp3) is 0.571. The fourth-order valence-corrected chi connectivity index (χ4v) is 4.02. The van der Waals surface area contributed by atoms with Crippen molar-refractivity contribution in [2.24, 2.45) is 5.73 Å². The number of ether oxygens (including phenoxy) is 2. The van der Waals surface area contributed by atoms with Gasteiger partial charge in [-0.05, 0) is 25.0 Å². The molecule has 0 fully saturated rings. The van der Waals surface area contributed by atoms with Crippen LogP contribution in [0.1, 0.15) is 26.7 Å². The van der Waals surface area contributed by atoms with Gasteiger partial charge in [0, 0.05) is 12.1 Å². The minimum atomic E-state index is -3.82. The van der Waals surface area contributed by atoms with Gasteiger partial charge in [-0.2, -0.15) is 0 Å². The van der Waals surface area contributed by atoms with Crippen LogP contribution in [0.3, 0.4) is 0 Å². The maximum absolute atomic E-state index is 12.8. The topological polar surface area (TPSA) is 90.7 Å². The number of methoxy groups -OCH3 is 2. The van der Waals surface area contributed by atoms with E-state index in [4.69, 9.17) is 15.2 Å². The molecule has 0 spiro atoms. The van der Waals surface area contributed by atoms with E-state index in [1.165, 1.54) is 14.2 Å². The van der Waals surface area contributed by atoms with E-state index in [1.807, 2.05) is 13.8 Å². The summed E-state index contributed by atoms with van der Waals surface area (Å²) >= 11 is 0. The van der Waals surface area contributed by atoms with Crippen LogP contribution in [-0.2, 0) is 10.0 Å². The van der Waals surface area contributed by atoms with Crippen LogP contribution < -0.4 is 19.9 Å². The quantitative estimate of drug-likeness (QED) is 0.758. The number of hydrogen-bond donors (Lipinski definition) is 2. The number of rotatable bonds is 8. The number of nitrogens with one attached hydrogen (secondary N) is 1. The summed E-state index contributed by atoms with van der Waals surface area (Å²) in [6, 6.07) is 4.84. The average molecular weight is 316 g/mol. The fourth-order valence-electron chi connectivity index (χ4n) is 2.14. The zero-order valence-electron chi connectivity index (χ0n) is 13.0. The predicted molar refractivity (Wildman–Crippen MR) is 82.2 cm³/mol. The first-order chi connectivity index (χ1) is 9.89. The van der Waals surface area contributed by atoms with Gasteiger partial charge in [-0.1, -0.05) is 19.9 Å². The monoisotopic (exact) mass is 316 g/mol. The number of hydrogen-bond acceptors (Lipinski definition) is 5. The minimum Gasteiger partial charge on any atom is -0.495 e. The van der Waals surface area contributed by atoms with Crippen LogP contribution in [0.15, 0.2) is 23.1 Å². The second-order valence-electron chi connectivity index (χ2n) is 4.79. The summed E-state index contributed by atoms with van der Waals surface area (Å²) in [7, 11) is -0.979. The second kappa shape index (κ2) is 7.11. The van der Waals surface area contributed by atoms with Gasteiger partial charge in [0.25, 0.3) is 0 Å². The molecular formula is C14H24N2O4S. The van der Waals surface area contributed by atoms with E-state index in [-0.39, 0.29) is 22.9 Å². The first-order valence-electron chi connectivity index (χ1n) is 6.84. The molecule has 1 aromatic rings. The molecule has 0 saturated heterocycles. The van der Waals surface area contributed by atoms with Crippen molar-refractivity contribution in [1.29, 1.82) is 0 Å². The Bertz CT molecular complexity index is 538. The summed E-state index contributed by atoms with van der Waals surface area (Å²) in [6.07, 6.45) is 1.19. The van der Waals surface area contributed by atoms with Crippen LogP contribution >= 0.6 is 0 Å². The van der Waals surface area contributed by atoms with Crippen molar-refractivity contribution >= 4 is 10.0 Å². The zero-order chi connectivity index (χ0) is 16.1. The molecule has 6 nitrogen and oxygen atoms in total. The molecule has 0 aliphatic carbocycles. The van der Waals surface area contributed by atoms with Crippen LogP contribution in [0.2, 0.25) is 0 Å². The zero-order valence-corrected chi connectivity index (χ0v) is 13.8. The smallest absolute Gasteiger partial charge is 0.248 e. The largest absolute Gasteiger partial charge is 0.495 e. The Morgan fingerprint density at radius 1 is 1.14 bits per heavy atom. The van der Waals surface area contributed by atoms with Gasteiger partial charge >= 0.3 is 0 Å². The molecule has 3 N–H and O–H groups in total. The highest BCUT2D eigenvalue weighted by atomic mass is 32.2. The molecule has 0 aliphatic heterocycles. The summed E-state index contributed by atoms with van der Waals surface area (Å²) in [5.74, 6) is 0.472. The van der Waals surface area contributed by atoms with Crippen LogP contribution in [0, 0.1) is 0 Å². The molecular weight excluding hydrogens is 292 g/mol. The van der Waals surface area contributed by atoms with Crippen molar-refractivity contribution < 1.29 is 17.9 Å². The Labute approximate surface area is 126 Å². The molecule has 0 unspecified atom stereocenters. The summed E-state index contributed by atoms with van der Waals surface area (Å²) in [5, 5.41) is 0. The van der Waals surface area contributed by atoms with E-state index in [0.29, 0.717) is 12.8 Å². The van der Waals surface area contributed by atoms with Gasteiger partial charge in [-0.15, -0.1) is 0 Å². The maximum atomic E-state index is 12.8.